The van der Waals surface area contributed by atoms with Crippen LogP contribution in [0.3, 0.4) is 0 Å². The van der Waals surface area contributed by atoms with Gasteiger partial charge in [0.2, 0.25) is 5.91 Å². The highest BCUT2D eigenvalue weighted by atomic mass is 79.9. The molecule has 1 aromatic carbocycles. The fourth-order valence-corrected chi connectivity index (χ4v) is 2.39. The summed E-state index contributed by atoms with van der Waals surface area (Å²) >= 11 is 3.44. The molecule has 0 spiro atoms. The first kappa shape index (κ1) is 15.5. The minimum Gasteiger partial charge on any atom is -0.368 e. The molecule has 0 aliphatic rings. The molecule has 0 heterocycles. The first-order valence-corrected chi connectivity index (χ1v) is 6.65. The predicted octanol–water partition coefficient (Wildman–Crippen LogP) is 2.57. The molecule has 0 aliphatic heterocycles. The molecule has 0 aromatic heterocycles. The molecule has 0 saturated heterocycles. The number of hydrogen-bond acceptors (Lipinski definition) is 3. The number of carbonyl (C=O) groups is 1. The second-order valence-corrected chi connectivity index (χ2v) is 4.98. The Kier molecular flexibility index (Phi) is 6.35. The lowest BCUT2D eigenvalue weighted by atomic mass is 10.0. The van der Waals surface area contributed by atoms with Gasteiger partial charge >= 0.3 is 0 Å². The van der Waals surface area contributed by atoms with Crippen molar-refractivity contribution in [1.82, 2.24) is 5.32 Å². The van der Waals surface area contributed by atoms with Crippen molar-refractivity contribution < 1.29 is 4.79 Å². The van der Waals surface area contributed by atoms with Crippen LogP contribution in [0, 0.1) is 6.92 Å². The monoisotopic (exact) mass is 325 g/mol. The van der Waals surface area contributed by atoms with E-state index in [0.717, 1.165) is 15.6 Å². The molecule has 1 unspecified atom stereocenters. The average Bonchev–Trinajstić information content (AvgIpc) is 2.35. The van der Waals surface area contributed by atoms with Crippen LogP contribution in [0.5, 0.6) is 0 Å². The zero-order valence-corrected chi connectivity index (χ0v) is 12.2. The SMILES string of the molecule is Cc1ccc(C(NCCCN=[N+]=[N-])C(N)=O)c(Br)c1. The number of halogens is 1. The third-order valence-electron chi connectivity index (χ3n) is 2.60. The number of benzene rings is 1. The van der Waals surface area contributed by atoms with Crippen molar-refractivity contribution in [3.05, 3.63) is 44.2 Å². The Balaban J connectivity index is 2.71. The number of amides is 1. The van der Waals surface area contributed by atoms with Gasteiger partial charge in [-0.1, -0.05) is 33.2 Å². The number of nitrogens with one attached hydrogen (secondary N) is 1. The Morgan fingerprint density at radius 1 is 1.63 bits per heavy atom. The van der Waals surface area contributed by atoms with Crippen molar-refractivity contribution in [2.75, 3.05) is 13.1 Å². The van der Waals surface area contributed by atoms with E-state index in [4.69, 9.17) is 11.3 Å². The quantitative estimate of drug-likeness (QED) is 0.348. The van der Waals surface area contributed by atoms with Gasteiger partial charge in [-0.25, -0.2) is 0 Å². The summed E-state index contributed by atoms with van der Waals surface area (Å²) in [6, 6.07) is 5.18. The van der Waals surface area contributed by atoms with Crippen LogP contribution in [0.4, 0.5) is 0 Å². The van der Waals surface area contributed by atoms with Crippen LogP contribution < -0.4 is 11.1 Å². The van der Waals surface area contributed by atoms with Crippen LogP contribution in [-0.4, -0.2) is 19.0 Å². The van der Waals surface area contributed by atoms with Crippen LogP contribution >= 0.6 is 15.9 Å². The number of aryl methyl sites for hydroxylation is 1. The first-order valence-electron chi connectivity index (χ1n) is 5.86. The Morgan fingerprint density at radius 3 is 2.95 bits per heavy atom. The second kappa shape index (κ2) is 7.78. The molecule has 1 rings (SSSR count). The van der Waals surface area contributed by atoms with E-state index in [0.29, 0.717) is 19.5 Å². The minimum atomic E-state index is -0.555. The van der Waals surface area contributed by atoms with Crippen LogP contribution in [0.2, 0.25) is 0 Å². The molecular formula is C12H16BrN5O. The normalized spacial score (nSPS) is 11.7. The number of hydrogen-bond donors (Lipinski definition) is 2. The lowest BCUT2D eigenvalue weighted by Crippen LogP contribution is -2.34. The average molecular weight is 326 g/mol. The number of rotatable bonds is 7. The summed E-state index contributed by atoms with van der Waals surface area (Å²) in [6.45, 7) is 2.91. The van der Waals surface area contributed by atoms with Gasteiger partial charge < -0.3 is 11.1 Å². The zero-order chi connectivity index (χ0) is 14.3. The molecule has 0 fully saturated rings. The summed E-state index contributed by atoms with van der Waals surface area (Å²) < 4.78 is 0.846. The van der Waals surface area contributed by atoms with Gasteiger partial charge in [0.15, 0.2) is 0 Å². The van der Waals surface area contributed by atoms with E-state index in [1.165, 1.54) is 0 Å². The maximum atomic E-state index is 11.5. The molecule has 6 nitrogen and oxygen atoms in total. The molecule has 1 aromatic rings. The van der Waals surface area contributed by atoms with E-state index in [-0.39, 0.29) is 0 Å². The van der Waals surface area contributed by atoms with Crippen molar-refractivity contribution >= 4 is 21.8 Å². The Bertz CT molecular complexity index is 499. The summed E-state index contributed by atoms with van der Waals surface area (Å²) in [6.07, 6.45) is 0.650. The summed E-state index contributed by atoms with van der Waals surface area (Å²) in [5.41, 5.74) is 15.5. The van der Waals surface area contributed by atoms with E-state index in [2.05, 4.69) is 31.3 Å². The number of azide groups is 1. The molecule has 102 valence electrons. The van der Waals surface area contributed by atoms with E-state index < -0.39 is 11.9 Å². The van der Waals surface area contributed by atoms with Gasteiger partial charge in [-0.3, -0.25) is 4.79 Å². The number of nitrogens with zero attached hydrogens (tertiary/aromatic N) is 3. The fraction of sp³-hybridized carbons (Fsp3) is 0.417. The molecule has 0 radical (unpaired) electrons. The van der Waals surface area contributed by atoms with Crippen molar-refractivity contribution in [2.24, 2.45) is 10.8 Å². The zero-order valence-electron chi connectivity index (χ0n) is 10.6. The van der Waals surface area contributed by atoms with E-state index in [1.807, 2.05) is 25.1 Å². The van der Waals surface area contributed by atoms with Crippen molar-refractivity contribution in [3.63, 3.8) is 0 Å². The van der Waals surface area contributed by atoms with Gasteiger partial charge in [0.1, 0.15) is 6.04 Å². The predicted molar refractivity (Wildman–Crippen MR) is 77.4 cm³/mol. The Morgan fingerprint density at radius 2 is 2.37 bits per heavy atom. The highest BCUT2D eigenvalue weighted by Crippen LogP contribution is 2.24. The first-order chi connectivity index (χ1) is 9.06. The van der Waals surface area contributed by atoms with Gasteiger partial charge in [0, 0.05) is 15.9 Å². The number of carbonyl (C=O) groups excluding carboxylic acids is 1. The summed E-state index contributed by atoms with van der Waals surface area (Å²) in [5.74, 6) is -0.437. The molecule has 3 N–H and O–H groups in total. The van der Waals surface area contributed by atoms with E-state index in [1.54, 1.807) is 0 Å². The molecule has 1 amide bonds. The lowest BCUT2D eigenvalue weighted by molar-refractivity contribution is -0.120. The molecule has 19 heavy (non-hydrogen) atoms. The van der Waals surface area contributed by atoms with Gasteiger partial charge in [0.25, 0.3) is 0 Å². The van der Waals surface area contributed by atoms with Crippen LogP contribution in [0.25, 0.3) is 10.4 Å². The molecule has 0 saturated carbocycles. The highest BCUT2D eigenvalue weighted by molar-refractivity contribution is 9.10. The standard InChI is InChI=1S/C12H16BrN5O/c1-8-3-4-9(10(13)7-8)11(12(14)19)16-5-2-6-17-18-15/h3-4,7,11,16H,2,5-6H2,1H3,(H2,14,19). The van der Waals surface area contributed by atoms with Crippen molar-refractivity contribution in [3.8, 4) is 0 Å². The van der Waals surface area contributed by atoms with Crippen LogP contribution in [-0.2, 0) is 4.79 Å². The fourth-order valence-electron chi connectivity index (χ4n) is 1.67. The van der Waals surface area contributed by atoms with Gasteiger partial charge in [0.05, 0.1) is 0 Å². The second-order valence-electron chi connectivity index (χ2n) is 4.12. The minimum absolute atomic E-state index is 0.393. The topological polar surface area (TPSA) is 104 Å². The highest BCUT2D eigenvalue weighted by Gasteiger charge is 2.19. The maximum absolute atomic E-state index is 11.5. The smallest absolute Gasteiger partial charge is 0.239 e. The summed E-state index contributed by atoms with van der Waals surface area (Å²) in [7, 11) is 0. The molecular weight excluding hydrogens is 310 g/mol. The molecule has 7 heteroatoms. The van der Waals surface area contributed by atoms with Crippen molar-refractivity contribution in [2.45, 2.75) is 19.4 Å². The summed E-state index contributed by atoms with van der Waals surface area (Å²) in [5, 5.41) is 6.50. The van der Waals surface area contributed by atoms with Gasteiger partial charge in [-0.05, 0) is 42.6 Å². The largest absolute Gasteiger partial charge is 0.368 e. The van der Waals surface area contributed by atoms with Gasteiger partial charge in [-0.15, -0.1) is 0 Å². The van der Waals surface area contributed by atoms with Crippen LogP contribution in [0.15, 0.2) is 27.8 Å². The Labute approximate surface area is 120 Å². The molecule has 0 bridgehead atoms. The maximum Gasteiger partial charge on any atom is 0.239 e. The summed E-state index contributed by atoms with van der Waals surface area (Å²) in [4.78, 5) is 14.2. The molecule has 0 aliphatic carbocycles. The van der Waals surface area contributed by atoms with Crippen LogP contribution in [0.1, 0.15) is 23.6 Å². The van der Waals surface area contributed by atoms with E-state index in [9.17, 15) is 4.79 Å². The van der Waals surface area contributed by atoms with Crippen molar-refractivity contribution in [1.29, 1.82) is 0 Å². The van der Waals surface area contributed by atoms with E-state index >= 15 is 0 Å². The lowest BCUT2D eigenvalue weighted by Gasteiger charge is -2.17. The third-order valence-corrected chi connectivity index (χ3v) is 3.28. The van der Waals surface area contributed by atoms with Gasteiger partial charge in [-0.2, -0.15) is 0 Å². The number of primary amides is 1. The third kappa shape index (κ3) is 4.90. The Hall–Kier alpha value is -1.56. The number of nitrogens with two attached hydrogens (primary N) is 1. The molecule has 1 atom stereocenters.